The largest absolute Gasteiger partial charge is 0.494 e. The Bertz CT molecular complexity index is 521. The first-order chi connectivity index (χ1) is 10.3. The molecule has 1 N–H and O–H groups in total. The zero-order chi connectivity index (χ0) is 14.7. The Morgan fingerprint density at radius 1 is 1.29 bits per heavy atom. The average Bonchev–Trinajstić information content (AvgIpc) is 3.12. The number of nitrogens with one attached hydrogen (secondary N) is 1. The summed E-state index contributed by atoms with van der Waals surface area (Å²) in [6.45, 7) is 2.62. The maximum atomic E-state index is 12.4. The molecule has 0 heterocycles. The number of carbonyl (C=O) groups excluding carboxylic acids is 1. The molecule has 1 saturated carbocycles. The van der Waals surface area contributed by atoms with Gasteiger partial charge in [-0.3, -0.25) is 4.79 Å². The fourth-order valence-corrected chi connectivity index (χ4v) is 3.33. The van der Waals surface area contributed by atoms with Gasteiger partial charge in [0.15, 0.2) is 0 Å². The molecule has 21 heavy (non-hydrogen) atoms. The van der Waals surface area contributed by atoms with E-state index in [0.717, 1.165) is 17.9 Å². The minimum absolute atomic E-state index is 0.167. The second-order valence-corrected chi connectivity index (χ2v) is 5.93. The molecular weight excluding hydrogens is 262 g/mol. The zero-order valence-electron chi connectivity index (χ0n) is 12.5. The summed E-state index contributed by atoms with van der Waals surface area (Å²) in [6.07, 6.45) is 9.37. The molecule has 112 valence electrons. The van der Waals surface area contributed by atoms with E-state index in [2.05, 4.69) is 17.5 Å². The van der Waals surface area contributed by atoms with Gasteiger partial charge in [-0.2, -0.15) is 0 Å². The van der Waals surface area contributed by atoms with Crippen molar-refractivity contribution >= 4 is 11.6 Å². The smallest absolute Gasteiger partial charge is 0.228 e. The molecule has 3 atom stereocenters. The van der Waals surface area contributed by atoms with Crippen LogP contribution in [-0.2, 0) is 4.79 Å². The number of rotatable bonds is 4. The van der Waals surface area contributed by atoms with Crippen molar-refractivity contribution in [1.29, 1.82) is 0 Å². The van der Waals surface area contributed by atoms with Gasteiger partial charge in [-0.15, -0.1) is 0 Å². The van der Waals surface area contributed by atoms with Crippen molar-refractivity contribution in [3.05, 3.63) is 36.4 Å². The Morgan fingerprint density at radius 2 is 2.10 bits per heavy atom. The summed E-state index contributed by atoms with van der Waals surface area (Å²) in [7, 11) is 0. The summed E-state index contributed by atoms with van der Waals surface area (Å²) in [5, 5.41) is 3.04. The van der Waals surface area contributed by atoms with Crippen molar-refractivity contribution in [3.63, 3.8) is 0 Å². The lowest BCUT2D eigenvalue weighted by Gasteiger charge is -2.07. The molecule has 0 radical (unpaired) electrons. The first kappa shape index (κ1) is 14.2. The van der Waals surface area contributed by atoms with Gasteiger partial charge in [0.05, 0.1) is 6.61 Å². The molecule has 3 heteroatoms. The number of benzene rings is 1. The molecule has 1 aromatic rings. The first-order valence-electron chi connectivity index (χ1n) is 8.00. The molecule has 0 aliphatic heterocycles. The molecule has 2 aliphatic carbocycles. The third kappa shape index (κ3) is 3.29. The Morgan fingerprint density at radius 3 is 2.86 bits per heavy atom. The summed E-state index contributed by atoms with van der Waals surface area (Å²) in [4.78, 5) is 12.4. The summed E-state index contributed by atoms with van der Waals surface area (Å²) in [5.41, 5.74) is 0.853. The second kappa shape index (κ2) is 6.33. The van der Waals surface area contributed by atoms with Gasteiger partial charge >= 0.3 is 0 Å². The third-order valence-corrected chi connectivity index (χ3v) is 4.48. The summed E-state index contributed by atoms with van der Waals surface area (Å²) in [6, 6.07) is 7.61. The normalized spacial score (nSPS) is 27.2. The highest BCUT2D eigenvalue weighted by molar-refractivity contribution is 5.95. The van der Waals surface area contributed by atoms with E-state index in [9.17, 15) is 4.79 Å². The van der Waals surface area contributed by atoms with E-state index >= 15 is 0 Å². The Kier molecular flexibility index (Phi) is 4.28. The lowest BCUT2D eigenvalue weighted by Crippen LogP contribution is -2.15. The topological polar surface area (TPSA) is 38.3 Å². The van der Waals surface area contributed by atoms with Gasteiger partial charge in [-0.25, -0.2) is 0 Å². The van der Waals surface area contributed by atoms with Crippen molar-refractivity contribution < 1.29 is 9.53 Å². The van der Waals surface area contributed by atoms with Crippen LogP contribution in [0, 0.1) is 17.8 Å². The van der Waals surface area contributed by atoms with Gasteiger partial charge < -0.3 is 10.1 Å². The van der Waals surface area contributed by atoms with Crippen LogP contribution in [-0.4, -0.2) is 12.5 Å². The van der Waals surface area contributed by atoms with Gasteiger partial charge in [-0.05, 0) is 62.3 Å². The molecule has 1 fully saturated rings. The van der Waals surface area contributed by atoms with E-state index < -0.39 is 0 Å². The summed E-state index contributed by atoms with van der Waals surface area (Å²) in [5.74, 6) is 2.20. The van der Waals surface area contributed by atoms with Crippen LogP contribution in [0.2, 0.25) is 0 Å². The molecule has 1 aromatic carbocycles. The number of amides is 1. The number of hydrogen-bond acceptors (Lipinski definition) is 2. The van der Waals surface area contributed by atoms with Crippen molar-refractivity contribution in [2.45, 2.75) is 32.6 Å². The van der Waals surface area contributed by atoms with E-state index in [-0.39, 0.29) is 11.8 Å². The van der Waals surface area contributed by atoms with Crippen molar-refractivity contribution in [3.8, 4) is 5.75 Å². The van der Waals surface area contributed by atoms with Gasteiger partial charge in [0.2, 0.25) is 5.91 Å². The molecule has 2 aliphatic rings. The highest BCUT2D eigenvalue weighted by atomic mass is 16.5. The minimum atomic E-state index is 0.167. The average molecular weight is 285 g/mol. The van der Waals surface area contributed by atoms with Crippen molar-refractivity contribution in [2.24, 2.45) is 17.8 Å². The minimum Gasteiger partial charge on any atom is -0.494 e. The predicted octanol–water partition coefficient (Wildman–Crippen LogP) is 4.02. The third-order valence-electron chi connectivity index (χ3n) is 4.48. The molecule has 1 amide bonds. The molecule has 0 spiro atoms. The molecule has 0 unspecified atom stereocenters. The van der Waals surface area contributed by atoms with Crippen LogP contribution in [0.1, 0.15) is 32.6 Å². The Balaban J connectivity index is 1.59. The second-order valence-electron chi connectivity index (χ2n) is 5.93. The van der Waals surface area contributed by atoms with Crippen LogP contribution in [0.5, 0.6) is 5.75 Å². The van der Waals surface area contributed by atoms with Crippen LogP contribution in [0.15, 0.2) is 36.4 Å². The SMILES string of the molecule is CCOc1ccc(NC(=O)[C@H]2[C@H]3C=CCCCC[C@@H]32)cc1. The number of anilines is 1. The standard InChI is InChI=1S/C18H23NO2/c1-2-21-14-11-9-13(10-12-14)19-18(20)17-15-7-5-3-4-6-8-16(15)17/h5,7,9-12,15-17H,2-4,6,8H2,1H3,(H,19,20)/t15-,16-,17-/m0/s1. The van der Waals surface area contributed by atoms with E-state index in [1.165, 1.54) is 19.3 Å². The lowest BCUT2D eigenvalue weighted by molar-refractivity contribution is -0.117. The van der Waals surface area contributed by atoms with E-state index in [1.807, 2.05) is 31.2 Å². The maximum Gasteiger partial charge on any atom is 0.228 e. The van der Waals surface area contributed by atoms with Crippen molar-refractivity contribution in [1.82, 2.24) is 0 Å². The molecule has 3 rings (SSSR count). The molecule has 0 saturated heterocycles. The Labute approximate surface area is 126 Å². The fourth-order valence-electron chi connectivity index (χ4n) is 3.33. The molecule has 0 aromatic heterocycles. The maximum absolute atomic E-state index is 12.4. The number of ether oxygens (including phenoxy) is 1. The highest BCUT2D eigenvalue weighted by Crippen LogP contribution is 2.51. The highest BCUT2D eigenvalue weighted by Gasteiger charge is 2.52. The van der Waals surface area contributed by atoms with Gasteiger partial charge in [0, 0.05) is 11.6 Å². The predicted molar refractivity (Wildman–Crippen MR) is 84.3 cm³/mol. The number of hydrogen-bond donors (Lipinski definition) is 1. The van der Waals surface area contributed by atoms with E-state index in [0.29, 0.717) is 18.4 Å². The molecular formula is C18H23NO2. The quantitative estimate of drug-likeness (QED) is 0.849. The van der Waals surface area contributed by atoms with Gasteiger partial charge in [-0.1, -0.05) is 18.6 Å². The lowest BCUT2D eigenvalue weighted by atomic mass is 10.1. The van der Waals surface area contributed by atoms with E-state index in [1.54, 1.807) is 0 Å². The van der Waals surface area contributed by atoms with E-state index in [4.69, 9.17) is 4.74 Å². The summed E-state index contributed by atoms with van der Waals surface area (Å²) < 4.78 is 5.41. The number of carbonyl (C=O) groups is 1. The van der Waals surface area contributed by atoms with Crippen molar-refractivity contribution in [2.75, 3.05) is 11.9 Å². The first-order valence-corrected chi connectivity index (χ1v) is 8.00. The van der Waals surface area contributed by atoms with Crippen LogP contribution in [0.4, 0.5) is 5.69 Å². The van der Waals surface area contributed by atoms with Crippen LogP contribution in [0.3, 0.4) is 0 Å². The fraction of sp³-hybridized carbons (Fsp3) is 0.500. The monoisotopic (exact) mass is 285 g/mol. The Hall–Kier alpha value is -1.77. The van der Waals surface area contributed by atoms with Crippen LogP contribution >= 0.6 is 0 Å². The van der Waals surface area contributed by atoms with Gasteiger partial charge in [0.1, 0.15) is 5.75 Å². The molecule has 3 nitrogen and oxygen atoms in total. The summed E-state index contributed by atoms with van der Waals surface area (Å²) >= 11 is 0. The zero-order valence-corrected chi connectivity index (χ0v) is 12.5. The molecule has 0 bridgehead atoms. The number of allylic oxidation sites excluding steroid dienone is 2. The van der Waals surface area contributed by atoms with Crippen LogP contribution in [0.25, 0.3) is 0 Å². The van der Waals surface area contributed by atoms with Gasteiger partial charge in [0.25, 0.3) is 0 Å². The van der Waals surface area contributed by atoms with Crippen LogP contribution < -0.4 is 10.1 Å². The number of fused-ring (bicyclic) bond motifs is 1.